The summed E-state index contributed by atoms with van der Waals surface area (Å²) in [5, 5.41) is 2.57. The predicted molar refractivity (Wildman–Crippen MR) is 392 cm³/mol. The maximum atomic E-state index is 2.70. The van der Waals surface area contributed by atoms with Gasteiger partial charge in [0.1, 0.15) is 0 Å². The molecule has 3 heteroatoms. The van der Waals surface area contributed by atoms with E-state index in [1.54, 1.807) is 0 Å². The third kappa shape index (κ3) is 9.83. The summed E-state index contributed by atoms with van der Waals surface area (Å²) in [5.74, 6) is -0.103. The van der Waals surface area contributed by atoms with Gasteiger partial charge in [-0.15, -0.1) is 0 Å². The first-order chi connectivity index (χ1) is 43.8. The highest BCUT2D eigenvalue weighted by atomic mass is 15.2. The van der Waals surface area contributed by atoms with E-state index in [4.69, 9.17) is 0 Å². The van der Waals surface area contributed by atoms with Crippen LogP contribution in [0, 0.1) is 0 Å². The molecule has 0 bridgehead atoms. The van der Waals surface area contributed by atoms with Gasteiger partial charge in [0.25, 0.3) is 0 Å². The van der Waals surface area contributed by atoms with Gasteiger partial charge in [0.05, 0.1) is 45.2 Å². The minimum atomic E-state index is -0.232. The molecule has 0 saturated heterocycles. The van der Waals surface area contributed by atoms with E-state index in [1.165, 1.54) is 145 Å². The van der Waals surface area contributed by atoms with Crippen molar-refractivity contribution in [3.8, 4) is 27.9 Å². The van der Waals surface area contributed by atoms with Gasteiger partial charge < -0.3 is 14.4 Å². The van der Waals surface area contributed by atoms with Crippen LogP contribution in [0.4, 0.5) is 34.1 Å². The smallest absolute Gasteiger partial charge is 0.0541 e. The molecule has 0 saturated carbocycles. The first kappa shape index (κ1) is 59.1. The van der Waals surface area contributed by atoms with Gasteiger partial charge in [0, 0.05) is 45.0 Å². The summed E-state index contributed by atoms with van der Waals surface area (Å²) in [4.78, 5) is 5.37. The molecule has 15 rings (SSSR count). The Morgan fingerprint density at radius 3 is 1.20 bits per heavy atom. The van der Waals surface area contributed by atoms with Gasteiger partial charge in [-0.2, -0.15) is 0 Å². The molecule has 92 heavy (non-hydrogen) atoms. The zero-order valence-corrected chi connectivity index (χ0v) is 56.6. The molecule has 458 valence electrons. The van der Waals surface area contributed by atoms with Crippen LogP contribution in [-0.2, 0) is 33.5 Å². The molecule has 3 aliphatic rings. The average Bonchev–Trinajstić information content (AvgIpc) is 0.766. The SMILES string of the molecule is CC(C)(C)c1ccc(N2c3ccc(C4c5ccccc5Cc5ccccc54)cc3C3c4ccc(-n5c6ccc(C(C)(C)C)cc6c6cc(C(C)(C)C)ccc65)cc4N(c4ccc(C(C)(C)C)cc4-c4ccccc4)c4cc(C(C)(C)C)cc2c43)c(-c2ccccc2)c1. The number of fused-ring (bicyclic) bond motifs is 9. The zero-order valence-electron chi connectivity index (χ0n) is 56.6. The van der Waals surface area contributed by atoms with Crippen molar-refractivity contribution in [2.45, 2.75) is 149 Å². The van der Waals surface area contributed by atoms with Crippen LogP contribution >= 0.6 is 0 Å². The van der Waals surface area contributed by atoms with Crippen LogP contribution in [0.3, 0.4) is 0 Å². The summed E-state index contributed by atoms with van der Waals surface area (Å²) in [7, 11) is 0. The van der Waals surface area contributed by atoms with Gasteiger partial charge in [-0.05, 0) is 190 Å². The molecule has 0 radical (unpaired) electrons. The molecule has 2 aliphatic heterocycles. The fraction of sp³-hybridized carbons (Fsp3) is 0.258. The molecule has 3 heterocycles. The molecule has 3 nitrogen and oxygen atoms in total. The summed E-state index contributed by atoms with van der Waals surface area (Å²) in [6.45, 7) is 35.2. The van der Waals surface area contributed by atoms with Crippen LogP contribution in [0.2, 0.25) is 0 Å². The lowest BCUT2D eigenvalue weighted by molar-refractivity contribution is 0.589. The van der Waals surface area contributed by atoms with Crippen molar-refractivity contribution in [1.29, 1.82) is 0 Å². The largest absolute Gasteiger partial charge is 0.309 e. The minimum Gasteiger partial charge on any atom is -0.309 e. The molecule has 0 spiro atoms. The van der Waals surface area contributed by atoms with Crippen molar-refractivity contribution in [2.24, 2.45) is 0 Å². The van der Waals surface area contributed by atoms with Gasteiger partial charge in [0.2, 0.25) is 0 Å². The Balaban J connectivity index is 1.09. The van der Waals surface area contributed by atoms with Crippen molar-refractivity contribution in [3.05, 3.63) is 303 Å². The molecule has 0 fully saturated rings. The van der Waals surface area contributed by atoms with E-state index in [2.05, 4.69) is 349 Å². The summed E-state index contributed by atoms with van der Waals surface area (Å²) in [5.41, 5.74) is 32.4. The monoisotopic (exact) mass is 1200 g/mol. The van der Waals surface area contributed by atoms with E-state index in [0.717, 1.165) is 17.8 Å². The van der Waals surface area contributed by atoms with Gasteiger partial charge >= 0.3 is 0 Å². The van der Waals surface area contributed by atoms with Crippen LogP contribution in [0.5, 0.6) is 0 Å². The molecule has 11 aromatic carbocycles. The topological polar surface area (TPSA) is 11.4 Å². The first-order valence-corrected chi connectivity index (χ1v) is 33.5. The van der Waals surface area contributed by atoms with Crippen molar-refractivity contribution < 1.29 is 0 Å². The number of hydrogen-bond donors (Lipinski definition) is 0. The number of rotatable bonds is 6. The number of benzene rings is 11. The maximum absolute atomic E-state index is 2.70. The van der Waals surface area contributed by atoms with E-state index < -0.39 is 0 Å². The molecular weight excluding hydrogens is 1110 g/mol. The van der Waals surface area contributed by atoms with Crippen LogP contribution in [0.25, 0.3) is 49.7 Å². The highest BCUT2D eigenvalue weighted by molar-refractivity contribution is 6.10. The summed E-state index contributed by atoms with van der Waals surface area (Å²) >= 11 is 0. The number of nitrogens with zero attached hydrogens (tertiary/aromatic N) is 3. The zero-order chi connectivity index (χ0) is 64.1. The fourth-order valence-electron chi connectivity index (χ4n) is 15.3. The van der Waals surface area contributed by atoms with Crippen LogP contribution in [0.15, 0.2) is 231 Å². The van der Waals surface area contributed by atoms with Gasteiger partial charge in [0.15, 0.2) is 0 Å². The van der Waals surface area contributed by atoms with Crippen molar-refractivity contribution in [2.75, 3.05) is 9.80 Å². The van der Waals surface area contributed by atoms with E-state index in [-0.39, 0.29) is 38.9 Å². The van der Waals surface area contributed by atoms with Gasteiger partial charge in [-0.3, -0.25) is 0 Å². The van der Waals surface area contributed by atoms with Crippen molar-refractivity contribution in [3.63, 3.8) is 0 Å². The summed E-state index contributed by atoms with van der Waals surface area (Å²) < 4.78 is 2.56. The normalized spacial score (nSPS) is 14.9. The molecule has 1 aromatic heterocycles. The van der Waals surface area contributed by atoms with Crippen LogP contribution in [0.1, 0.15) is 188 Å². The Morgan fingerprint density at radius 1 is 0.293 bits per heavy atom. The summed E-state index contributed by atoms with van der Waals surface area (Å²) in [6, 6.07) is 90.1. The van der Waals surface area contributed by atoms with Crippen molar-refractivity contribution >= 4 is 55.9 Å². The Bertz CT molecular complexity index is 4800. The van der Waals surface area contributed by atoms with E-state index in [0.29, 0.717) is 0 Å². The molecule has 1 aliphatic carbocycles. The van der Waals surface area contributed by atoms with E-state index >= 15 is 0 Å². The highest BCUT2D eigenvalue weighted by Gasteiger charge is 2.44. The lowest BCUT2D eigenvalue weighted by Crippen LogP contribution is -2.31. The highest BCUT2D eigenvalue weighted by Crippen LogP contribution is 2.64. The molecular formula is C89H87N3. The minimum absolute atomic E-state index is 0.0256. The summed E-state index contributed by atoms with van der Waals surface area (Å²) in [6.07, 6.45) is 0.929. The molecule has 1 unspecified atom stereocenters. The second kappa shape index (κ2) is 21.2. The molecule has 0 N–H and O–H groups in total. The third-order valence-electron chi connectivity index (χ3n) is 20.5. The van der Waals surface area contributed by atoms with Crippen LogP contribution in [-0.4, -0.2) is 4.57 Å². The lowest BCUT2D eigenvalue weighted by Gasteiger charge is -2.47. The quantitative estimate of drug-likeness (QED) is 0.164. The number of hydrogen-bond acceptors (Lipinski definition) is 2. The second-order valence-corrected chi connectivity index (χ2v) is 31.8. The standard InChI is InChI=1S/C89H87N3/c1-85(2,3)60-35-42-74(69(48-60)55-26-18-16-19-27-55)91-78-41-34-59(82-66-32-24-22-30-57(66)46-58-31-23-25-33-67(58)82)47-73(78)83-68-40-39-65(90-76-44-37-62(87(7,8)9)50-71(76)72-51-63(88(10,11)12)38-45-77(72)90)54-79(68)92(81-53-64(89(13,14)15)52-80(91)84(81)83)75-43-36-61(86(4,5)6)49-70(75)56-28-20-17-21-29-56/h16-45,47-54,82-83H,46H2,1-15H3. The number of anilines is 6. The average molecular weight is 1200 g/mol. The maximum Gasteiger partial charge on any atom is 0.0541 e. The Kier molecular flexibility index (Phi) is 13.6. The van der Waals surface area contributed by atoms with Crippen LogP contribution < -0.4 is 9.80 Å². The van der Waals surface area contributed by atoms with Crippen molar-refractivity contribution in [1.82, 2.24) is 4.57 Å². The van der Waals surface area contributed by atoms with E-state index in [9.17, 15) is 0 Å². The molecule has 0 amide bonds. The molecule has 1 atom stereocenters. The van der Waals surface area contributed by atoms with E-state index in [1.807, 2.05) is 0 Å². The molecule has 12 aromatic rings. The Hall–Kier alpha value is -9.18. The number of aromatic nitrogens is 1. The Labute approximate surface area is 547 Å². The van der Waals surface area contributed by atoms with Gasteiger partial charge in [-0.25, -0.2) is 0 Å². The second-order valence-electron chi connectivity index (χ2n) is 31.8. The fourth-order valence-corrected chi connectivity index (χ4v) is 15.3. The third-order valence-corrected chi connectivity index (χ3v) is 20.5. The predicted octanol–water partition coefficient (Wildman–Crippen LogP) is 24.4. The Morgan fingerprint density at radius 2 is 0.717 bits per heavy atom. The first-order valence-electron chi connectivity index (χ1n) is 33.5. The van der Waals surface area contributed by atoms with Gasteiger partial charge in [-0.1, -0.05) is 256 Å². The lowest BCUT2D eigenvalue weighted by atomic mass is 9.71.